The van der Waals surface area contributed by atoms with Crippen LogP contribution in [0, 0.1) is 6.92 Å². The van der Waals surface area contributed by atoms with Gasteiger partial charge in [0, 0.05) is 87.9 Å². The molecule has 0 spiro atoms. The zero-order valence-corrected chi connectivity index (χ0v) is 46.8. The van der Waals surface area contributed by atoms with Gasteiger partial charge in [-0.05, 0) is 94.7 Å². The number of hydrogen-bond donors (Lipinski definition) is 6. The Morgan fingerprint density at radius 1 is 0.949 bits per heavy atom. The number of phosphoric acid groups is 3. The van der Waals surface area contributed by atoms with Gasteiger partial charge in [0.15, 0.2) is 11.2 Å². The number of ether oxygens (including phenoxy) is 3. The van der Waals surface area contributed by atoms with Crippen molar-refractivity contribution in [3.8, 4) is 11.5 Å². The third-order valence-electron chi connectivity index (χ3n) is 14.6. The first-order valence-electron chi connectivity index (χ1n) is 25.4. The molecule has 1 amide bonds. The second-order valence-corrected chi connectivity index (χ2v) is 28.0. The number of carboxylic acid groups (broad SMARTS) is 1. The fourth-order valence-electron chi connectivity index (χ4n) is 11.5. The van der Waals surface area contributed by atoms with Gasteiger partial charge in [-0.25, -0.2) is 28.2 Å². The summed E-state index contributed by atoms with van der Waals surface area (Å²) in [7, 11) is -14.4. The molecule has 5 atom stereocenters. The fourth-order valence-corrected chi connectivity index (χ4v) is 16.7. The van der Waals surface area contributed by atoms with E-state index in [1.165, 1.54) is 60.7 Å². The molecule has 0 aliphatic carbocycles. The van der Waals surface area contributed by atoms with Crippen molar-refractivity contribution in [3.63, 3.8) is 0 Å². The summed E-state index contributed by atoms with van der Waals surface area (Å²) >= 11 is 0. The Kier molecular flexibility index (Phi) is 15.1. The molecule has 2 aromatic heterocycles. The van der Waals surface area contributed by atoms with Crippen LogP contribution in [0.2, 0.25) is 0 Å². The quantitative estimate of drug-likeness (QED) is 0.0234. The SMILES string of the molecule is Cc1nc2c(ncn2[C@H]2C[C@@H](OCSSC(C)(C)CNC(=O)c3ccc(C4=c5cc6c7c(c5Oc5c4cc4c8c5CCCN8CCC4)CCC[N+]=7CCC6)c(C(=O)[O-])c3)[C@@H](COP(=O)(O)OP(=O)(O)OP(=O)(O)O)O2)c(=O)[nH]1. The number of anilines is 1. The number of aromatic carboxylic acids is 1. The number of hydrogen-bond acceptors (Lipinski definition) is 18. The maximum absolute atomic E-state index is 14.0. The number of benzene rings is 3. The Balaban J connectivity index is 0.801. The summed E-state index contributed by atoms with van der Waals surface area (Å²) in [5.41, 5.74) is 7.79. The van der Waals surface area contributed by atoms with Crippen LogP contribution < -0.4 is 40.8 Å². The Labute approximate surface area is 453 Å². The first kappa shape index (κ1) is 55.2. The molecular weight excluding hydrogens is 1120 g/mol. The van der Waals surface area contributed by atoms with Gasteiger partial charge in [-0.1, -0.05) is 27.7 Å². The van der Waals surface area contributed by atoms with Crippen molar-refractivity contribution in [2.75, 3.05) is 50.2 Å². The van der Waals surface area contributed by atoms with Crippen molar-refractivity contribution < 1.29 is 75.3 Å². The highest BCUT2D eigenvalue weighted by molar-refractivity contribution is 8.77. The minimum absolute atomic E-state index is 0.0131. The van der Waals surface area contributed by atoms with E-state index in [1.807, 2.05) is 13.8 Å². The Morgan fingerprint density at radius 3 is 2.46 bits per heavy atom. The lowest BCUT2D eigenvalue weighted by Gasteiger charge is -2.39. The van der Waals surface area contributed by atoms with Gasteiger partial charge in [0.05, 0.1) is 30.6 Å². The van der Waals surface area contributed by atoms with Crippen molar-refractivity contribution >= 4 is 79.4 Å². The van der Waals surface area contributed by atoms with E-state index in [2.05, 4.69) is 50.5 Å². The molecule has 8 heterocycles. The van der Waals surface area contributed by atoms with Gasteiger partial charge in [-0.15, -0.1) is 0 Å². The van der Waals surface area contributed by atoms with Gasteiger partial charge in [-0.2, -0.15) is 8.62 Å². The van der Waals surface area contributed by atoms with Crippen molar-refractivity contribution in [2.45, 2.75) is 102 Å². The highest BCUT2D eigenvalue weighted by Gasteiger charge is 2.44. The van der Waals surface area contributed by atoms with Gasteiger partial charge < -0.3 is 58.9 Å². The lowest BCUT2D eigenvalue weighted by Crippen LogP contribution is -2.45. The van der Waals surface area contributed by atoms with Crippen LogP contribution in [0.15, 0.2) is 41.5 Å². The lowest BCUT2D eigenvalue weighted by atomic mass is 9.81. The van der Waals surface area contributed by atoms with Gasteiger partial charge in [0.25, 0.3) is 11.5 Å². The molecule has 6 aliphatic heterocycles. The van der Waals surface area contributed by atoms with Crippen LogP contribution in [0.4, 0.5) is 5.69 Å². The number of aryl methyl sites for hydroxylation is 3. The predicted molar refractivity (Wildman–Crippen MR) is 284 cm³/mol. The predicted octanol–water partition coefficient (Wildman–Crippen LogP) is 3.79. The number of nitrogens with zero attached hydrogens (tertiary/aromatic N) is 5. The van der Waals surface area contributed by atoms with Crippen LogP contribution in [0.5, 0.6) is 11.5 Å². The molecule has 0 saturated carbocycles. The largest absolute Gasteiger partial charge is 0.545 e. The highest BCUT2D eigenvalue weighted by Crippen LogP contribution is 2.66. The summed E-state index contributed by atoms with van der Waals surface area (Å²) in [6.45, 7) is 8.60. The average Bonchev–Trinajstić information content (AvgIpc) is 4.14. The Morgan fingerprint density at radius 2 is 1.69 bits per heavy atom. The van der Waals surface area contributed by atoms with Crippen LogP contribution in [0.25, 0.3) is 16.7 Å². The smallest absolute Gasteiger partial charge is 0.490 e. The van der Waals surface area contributed by atoms with Gasteiger partial charge in [0.2, 0.25) is 5.36 Å². The second-order valence-electron chi connectivity index (χ2n) is 20.6. The van der Waals surface area contributed by atoms with E-state index in [-0.39, 0.29) is 47.0 Å². The van der Waals surface area contributed by atoms with E-state index >= 15 is 0 Å². The molecule has 6 aliphatic rings. The van der Waals surface area contributed by atoms with E-state index in [0.29, 0.717) is 5.56 Å². The summed E-state index contributed by atoms with van der Waals surface area (Å²) in [5.74, 6) is -0.0881. The number of nitrogens with one attached hydrogen (secondary N) is 2. The molecule has 0 radical (unpaired) electrons. The maximum Gasteiger partial charge on any atom is 0.490 e. The Hall–Kier alpha value is -4.75. The first-order chi connectivity index (χ1) is 37.0. The molecule has 6 N–H and O–H groups in total. The normalized spacial score (nSPS) is 21.2. The Bertz CT molecular complexity index is 3660. The minimum Gasteiger partial charge on any atom is -0.545 e. The molecule has 78 heavy (non-hydrogen) atoms. The summed E-state index contributed by atoms with van der Waals surface area (Å²) in [6.07, 6.45) is 5.86. The van der Waals surface area contributed by atoms with Gasteiger partial charge >= 0.3 is 23.5 Å². The molecule has 1 fully saturated rings. The number of fused-ring (bicyclic) bond motifs is 5. The van der Waals surface area contributed by atoms with E-state index in [0.717, 1.165) is 117 Å². The number of amides is 1. The van der Waals surface area contributed by atoms with Crippen molar-refractivity contribution in [1.82, 2.24) is 29.4 Å². The van der Waals surface area contributed by atoms with Gasteiger partial charge in [-0.3, -0.25) is 18.7 Å². The minimum atomic E-state index is -5.80. The molecule has 3 aromatic carbocycles. The van der Waals surface area contributed by atoms with Crippen LogP contribution in [0.3, 0.4) is 0 Å². The number of phosphoric ester groups is 1. The molecule has 0 bridgehead atoms. The summed E-state index contributed by atoms with van der Waals surface area (Å²) in [4.78, 5) is 91.2. The molecule has 29 heteroatoms. The topological polar surface area (TPSA) is 327 Å². The summed E-state index contributed by atoms with van der Waals surface area (Å²) < 4.78 is 71.1. The molecule has 416 valence electrons. The van der Waals surface area contributed by atoms with Crippen LogP contribution >= 0.6 is 45.1 Å². The number of carbonyl (C=O) groups excluding carboxylic acids is 2. The number of carboxylic acids is 1. The van der Waals surface area contributed by atoms with Crippen molar-refractivity contribution in [2.24, 2.45) is 0 Å². The molecule has 5 aromatic rings. The van der Waals surface area contributed by atoms with Crippen LogP contribution in [-0.2, 0) is 62.0 Å². The van der Waals surface area contributed by atoms with E-state index < -0.39 is 70.7 Å². The monoisotopic (exact) mass is 1170 g/mol. The second kappa shape index (κ2) is 21.3. The van der Waals surface area contributed by atoms with Crippen molar-refractivity contribution in [1.29, 1.82) is 0 Å². The van der Waals surface area contributed by atoms with Gasteiger partial charge in [0.1, 0.15) is 48.7 Å². The zero-order valence-electron chi connectivity index (χ0n) is 42.5. The number of carbonyl (C=O) groups is 2. The molecular formula is C49H56N7O17P3S2. The van der Waals surface area contributed by atoms with E-state index in [1.54, 1.807) is 19.1 Å². The third-order valence-corrected chi connectivity index (χ3v) is 21.4. The van der Waals surface area contributed by atoms with Crippen molar-refractivity contribution in [3.05, 3.63) is 108 Å². The molecule has 11 rings (SSSR count). The highest BCUT2D eigenvalue weighted by atomic mass is 33.1. The number of H-pyrrole nitrogens is 1. The summed E-state index contributed by atoms with van der Waals surface area (Å²) in [6, 6.07) is 9.15. The first-order valence-corrected chi connectivity index (χ1v) is 32.2. The third kappa shape index (κ3) is 11.2. The summed E-state index contributed by atoms with van der Waals surface area (Å²) in [5, 5.41) is 18.4. The number of rotatable bonds is 18. The number of aromatic nitrogens is 4. The zero-order chi connectivity index (χ0) is 55.1. The molecule has 1 saturated heterocycles. The standard InChI is InChI=1S/C49H56N7O17P3S2/c1-26-52-45-40(47(58)53-26)51-24-56(45)38-21-36(37(70-38)22-69-75(64,65)73-76(66,67)72-74(61,62)63)68-25-77-78-49(2,3)23-50-46(57)29-12-13-30(33(20-29)48(59)60)39-34-18-27-8-4-14-54-16-6-10-31(41(27)54)43(34)71-44-32-11-7-17-55-15-5-9-28(42(32)55)19-35(39)44/h12-13,18-20,24,36-38H,4-11,14-17,21-23,25H2,1-3H3,(H6-,50,52,53,57,58,59,60,61,62,63,64,65,66,67)/t36-,37-,38-/m1/s1. The van der Waals surface area contributed by atoms with Crippen LogP contribution in [0.1, 0.15) is 112 Å². The maximum atomic E-state index is 14.0. The van der Waals surface area contributed by atoms with E-state index in [4.69, 9.17) is 28.5 Å². The van der Waals surface area contributed by atoms with E-state index in [9.17, 15) is 43.0 Å². The van der Waals surface area contributed by atoms with Crippen LogP contribution in [-0.4, -0.2) is 113 Å². The lowest BCUT2D eigenvalue weighted by molar-refractivity contribution is -0.255. The number of aromatic amines is 1. The average molecular weight is 1170 g/mol. The fraction of sp³-hybridized carbons (Fsp3) is 0.469. The number of imidazole rings is 1. The molecule has 2 unspecified atom stereocenters. The molecule has 24 nitrogen and oxygen atoms in total.